The van der Waals surface area contributed by atoms with Crippen molar-refractivity contribution in [3.05, 3.63) is 46.6 Å². The Labute approximate surface area is 144 Å². The smallest absolute Gasteiger partial charge is 0.0499 e. The van der Waals surface area contributed by atoms with E-state index in [-0.39, 0.29) is 0 Å². The topological polar surface area (TPSA) is 3.24 Å². The molecule has 1 aliphatic heterocycles. The molecule has 1 heterocycles. The zero-order chi connectivity index (χ0) is 17.4. The second-order valence-corrected chi connectivity index (χ2v) is 6.75. The van der Waals surface area contributed by atoms with E-state index in [1.807, 2.05) is 0 Å². The molecular weight excluding hydrogens is 278 g/mol. The van der Waals surface area contributed by atoms with Gasteiger partial charge in [0.25, 0.3) is 0 Å². The molecule has 0 saturated heterocycles. The summed E-state index contributed by atoms with van der Waals surface area (Å²) in [5, 5.41) is 0. The predicted molar refractivity (Wildman–Crippen MR) is 105 cm³/mol. The molecule has 130 valence electrons. The van der Waals surface area contributed by atoms with Gasteiger partial charge >= 0.3 is 0 Å². The van der Waals surface area contributed by atoms with Crippen molar-refractivity contribution in [2.45, 2.75) is 85.7 Å². The van der Waals surface area contributed by atoms with Crippen LogP contribution in [0.1, 0.15) is 73.6 Å². The molecule has 1 aliphatic rings. The number of rotatable bonds is 7. The standard InChI is InChI=1S/C22H37N/c1-8-12-13-19(10-3)22-16-20(11-4)21(18(6)23(22)7)15-14-17(5)9-2/h9,13,15-16,18,22H,8,10-12,14H2,1-7H3/b17-9-,19-13-,21-15?. The summed E-state index contributed by atoms with van der Waals surface area (Å²) in [4.78, 5) is 2.54. The van der Waals surface area contributed by atoms with Crippen LogP contribution in [0.2, 0.25) is 0 Å². The molecule has 0 aliphatic carbocycles. The Kier molecular flexibility index (Phi) is 8.62. The highest BCUT2D eigenvalue weighted by atomic mass is 15.2. The highest BCUT2D eigenvalue weighted by Gasteiger charge is 2.29. The van der Waals surface area contributed by atoms with Gasteiger partial charge in [-0.15, -0.1) is 0 Å². The van der Waals surface area contributed by atoms with E-state index in [1.165, 1.54) is 24.0 Å². The summed E-state index contributed by atoms with van der Waals surface area (Å²) in [6.07, 6.45) is 15.4. The molecule has 1 nitrogen and oxygen atoms in total. The Hall–Kier alpha value is -1.08. The van der Waals surface area contributed by atoms with E-state index >= 15 is 0 Å². The zero-order valence-corrected chi connectivity index (χ0v) is 16.4. The van der Waals surface area contributed by atoms with Gasteiger partial charge in [0.05, 0.1) is 0 Å². The number of nitrogens with zero attached hydrogens (tertiary/aromatic N) is 1. The lowest BCUT2D eigenvalue weighted by atomic mass is 9.85. The van der Waals surface area contributed by atoms with Gasteiger partial charge in [0.2, 0.25) is 0 Å². The minimum absolute atomic E-state index is 0.469. The fourth-order valence-electron chi connectivity index (χ4n) is 3.32. The maximum Gasteiger partial charge on any atom is 0.0499 e. The first kappa shape index (κ1) is 20.0. The zero-order valence-electron chi connectivity index (χ0n) is 16.4. The summed E-state index contributed by atoms with van der Waals surface area (Å²) in [7, 11) is 2.28. The SMILES string of the molecule is C/C=C(/C)CC=C1C(CC)=CC(/C(=C\CCC)CC)N(C)C1C. The fraction of sp³-hybridized carbons (Fsp3) is 0.636. The molecule has 1 rings (SSSR count). The summed E-state index contributed by atoms with van der Waals surface area (Å²) in [6.45, 7) is 13.5. The van der Waals surface area contributed by atoms with Gasteiger partial charge < -0.3 is 0 Å². The molecule has 0 amide bonds. The van der Waals surface area contributed by atoms with Crippen LogP contribution in [0.4, 0.5) is 0 Å². The second kappa shape index (κ2) is 9.93. The Morgan fingerprint density at radius 3 is 2.48 bits per heavy atom. The Morgan fingerprint density at radius 1 is 1.26 bits per heavy atom. The monoisotopic (exact) mass is 315 g/mol. The summed E-state index contributed by atoms with van der Waals surface area (Å²) >= 11 is 0. The Bertz CT molecular complexity index is 490. The van der Waals surface area contributed by atoms with Gasteiger partial charge in [-0.1, -0.05) is 62.6 Å². The third-order valence-electron chi connectivity index (χ3n) is 5.23. The van der Waals surface area contributed by atoms with Crippen LogP contribution in [0, 0.1) is 0 Å². The molecule has 23 heavy (non-hydrogen) atoms. The first-order chi connectivity index (χ1) is 11.0. The van der Waals surface area contributed by atoms with Gasteiger partial charge in [-0.05, 0) is 64.6 Å². The van der Waals surface area contributed by atoms with Crippen LogP contribution in [0.3, 0.4) is 0 Å². The molecule has 0 aromatic rings. The maximum absolute atomic E-state index is 2.54. The molecule has 0 aromatic heterocycles. The van der Waals surface area contributed by atoms with Crippen molar-refractivity contribution < 1.29 is 0 Å². The first-order valence-corrected chi connectivity index (χ1v) is 9.43. The predicted octanol–water partition coefficient (Wildman–Crippen LogP) is 6.44. The van der Waals surface area contributed by atoms with Gasteiger partial charge in [0.1, 0.15) is 0 Å². The maximum atomic E-state index is 2.54. The van der Waals surface area contributed by atoms with E-state index in [4.69, 9.17) is 0 Å². The van der Waals surface area contributed by atoms with Gasteiger partial charge in [-0.3, -0.25) is 4.90 Å². The number of hydrogen-bond donors (Lipinski definition) is 0. The van der Waals surface area contributed by atoms with Crippen LogP contribution >= 0.6 is 0 Å². The van der Waals surface area contributed by atoms with Gasteiger partial charge in [-0.25, -0.2) is 0 Å². The number of unbranched alkanes of at least 4 members (excludes halogenated alkanes) is 1. The molecule has 2 unspecified atom stereocenters. The van der Waals surface area contributed by atoms with E-state index < -0.39 is 0 Å². The van der Waals surface area contributed by atoms with Gasteiger partial charge in [-0.2, -0.15) is 0 Å². The van der Waals surface area contributed by atoms with Crippen LogP contribution in [0.5, 0.6) is 0 Å². The van der Waals surface area contributed by atoms with Crippen molar-refractivity contribution in [2.75, 3.05) is 7.05 Å². The van der Waals surface area contributed by atoms with E-state index in [0.29, 0.717) is 12.1 Å². The normalized spacial score (nSPS) is 25.9. The lowest BCUT2D eigenvalue weighted by Crippen LogP contribution is -2.43. The average molecular weight is 316 g/mol. The van der Waals surface area contributed by atoms with Gasteiger partial charge in [0, 0.05) is 12.1 Å². The lowest BCUT2D eigenvalue weighted by molar-refractivity contribution is 0.250. The van der Waals surface area contributed by atoms with Crippen molar-refractivity contribution in [1.29, 1.82) is 0 Å². The molecule has 0 saturated carbocycles. The highest BCUT2D eigenvalue weighted by Crippen LogP contribution is 2.33. The first-order valence-electron chi connectivity index (χ1n) is 9.43. The third-order valence-corrected chi connectivity index (χ3v) is 5.23. The van der Waals surface area contributed by atoms with Crippen LogP contribution in [0.25, 0.3) is 0 Å². The van der Waals surface area contributed by atoms with E-state index in [9.17, 15) is 0 Å². The molecule has 0 fully saturated rings. The lowest BCUT2D eigenvalue weighted by Gasteiger charge is -2.40. The largest absolute Gasteiger partial charge is 0.289 e. The van der Waals surface area contributed by atoms with Crippen LogP contribution in [0.15, 0.2) is 46.6 Å². The Balaban J connectivity index is 3.16. The van der Waals surface area contributed by atoms with Gasteiger partial charge in [0.15, 0.2) is 0 Å². The van der Waals surface area contributed by atoms with Crippen LogP contribution < -0.4 is 0 Å². The summed E-state index contributed by atoms with van der Waals surface area (Å²) in [6, 6.07) is 0.956. The van der Waals surface area contributed by atoms with Crippen molar-refractivity contribution in [3.8, 4) is 0 Å². The summed E-state index contributed by atoms with van der Waals surface area (Å²) < 4.78 is 0. The van der Waals surface area contributed by atoms with Crippen molar-refractivity contribution in [1.82, 2.24) is 4.90 Å². The van der Waals surface area contributed by atoms with Crippen molar-refractivity contribution >= 4 is 0 Å². The minimum atomic E-state index is 0.469. The van der Waals surface area contributed by atoms with Crippen molar-refractivity contribution in [2.24, 2.45) is 0 Å². The average Bonchev–Trinajstić information content (AvgIpc) is 2.57. The van der Waals surface area contributed by atoms with Crippen molar-refractivity contribution in [3.63, 3.8) is 0 Å². The van der Waals surface area contributed by atoms with Crippen LogP contribution in [-0.2, 0) is 0 Å². The van der Waals surface area contributed by atoms with Crippen LogP contribution in [-0.4, -0.2) is 24.0 Å². The third kappa shape index (κ3) is 5.21. The number of allylic oxidation sites excluding steroid dienone is 4. The molecular formula is C22H37N. The molecule has 0 spiro atoms. The summed E-state index contributed by atoms with van der Waals surface area (Å²) in [5.74, 6) is 0. The molecule has 1 heteroatoms. The van der Waals surface area contributed by atoms with E-state index in [2.05, 4.69) is 77.8 Å². The van der Waals surface area contributed by atoms with E-state index in [0.717, 1.165) is 19.3 Å². The fourth-order valence-corrected chi connectivity index (χ4v) is 3.32. The molecule has 0 radical (unpaired) electrons. The quantitative estimate of drug-likeness (QED) is 0.488. The van der Waals surface area contributed by atoms with E-state index in [1.54, 1.807) is 11.1 Å². The highest BCUT2D eigenvalue weighted by molar-refractivity contribution is 5.42. The number of hydrogen-bond acceptors (Lipinski definition) is 1. The molecule has 0 aromatic carbocycles. The summed E-state index contributed by atoms with van der Waals surface area (Å²) in [5.41, 5.74) is 6.09. The molecule has 0 N–H and O–H groups in total. The molecule has 0 bridgehead atoms. The Morgan fingerprint density at radius 2 is 1.96 bits per heavy atom. The number of likely N-dealkylation sites (N-methyl/N-ethyl adjacent to an activating group) is 1. The molecule has 2 atom stereocenters. The minimum Gasteiger partial charge on any atom is -0.289 e. The second-order valence-electron chi connectivity index (χ2n) is 6.75.